The first kappa shape index (κ1) is 21.3. The summed E-state index contributed by atoms with van der Waals surface area (Å²) in [6.07, 6.45) is 8.51. The Hall–Kier alpha value is -1.41. The van der Waals surface area contributed by atoms with Gasteiger partial charge in [0.2, 0.25) is 5.91 Å². The topological polar surface area (TPSA) is 69.7 Å². The summed E-state index contributed by atoms with van der Waals surface area (Å²) in [5.41, 5.74) is 2.27. The predicted molar refractivity (Wildman–Crippen MR) is 111 cm³/mol. The van der Waals surface area contributed by atoms with E-state index in [1.165, 1.54) is 27.0 Å². The molecule has 1 fully saturated rings. The molecule has 0 atom stereocenters. The number of carbonyl (C=O) groups excluding carboxylic acids is 1. The number of benzene rings is 1. The summed E-state index contributed by atoms with van der Waals surface area (Å²) >= 11 is 5.89. The lowest BCUT2D eigenvalue weighted by Gasteiger charge is -2.34. The van der Waals surface area contributed by atoms with Crippen molar-refractivity contribution in [3.05, 3.63) is 46.5 Å². The van der Waals surface area contributed by atoms with Crippen LogP contribution in [0.2, 0.25) is 5.02 Å². The molecule has 0 bridgehead atoms. The van der Waals surface area contributed by atoms with Gasteiger partial charge in [-0.05, 0) is 56.2 Å². The first-order valence-corrected chi connectivity index (χ1v) is 11.7. The van der Waals surface area contributed by atoms with E-state index >= 15 is 0 Å². The van der Waals surface area contributed by atoms with Crippen molar-refractivity contribution in [2.45, 2.75) is 45.1 Å². The Labute approximate surface area is 172 Å². The monoisotopic (exact) mass is 425 g/mol. The summed E-state index contributed by atoms with van der Waals surface area (Å²) in [4.78, 5) is 12.3. The summed E-state index contributed by atoms with van der Waals surface area (Å²) < 4.78 is 28.5. The molecule has 0 unspecified atom stereocenters. The van der Waals surface area contributed by atoms with Gasteiger partial charge in [-0.3, -0.25) is 4.79 Å². The SMILES string of the molecule is O=C(CN1CCCN(Cc2ccc(Cl)cc2)S1(=O)=O)NCCC1=CCCCC1. The molecule has 1 N–H and O–H groups in total. The number of halogens is 1. The van der Waals surface area contributed by atoms with Gasteiger partial charge in [0, 0.05) is 31.2 Å². The number of hydrogen-bond acceptors (Lipinski definition) is 3. The molecule has 1 heterocycles. The fraction of sp³-hybridized carbons (Fsp3) is 0.550. The highest BCUT2D eigenvalue weighted by molar-refractivity contribution is 7.86. The number of nitrogens with one attached hydrogen (secondary N) is 1. The zero-order chi connectivity index (χ0) is 20.0. The number of amides is 1. The number of rotatable bonds is 7. The quantitative estimate of drug-likeness (QED) is 0.682. The maximum absolute atomic E-state index is 12.9. The molecule has 0 radical (unpaired) electrons. The molecule has 1 amide bonds. The molecule has 1 aromatic carbocycles. The summed E-state index contributed by atoms with van der Waals surface area (Å²) in [5, 5.41) is 3.48. The zero-order valence-electron chi connectivity index (χ0n) is 16.1. The second kappa shape index (κ2) is 9.87. The molecule has 28 heavy (non-hydrogen) atoms. The number of allylic oxidation sites excluding steroid dienone is 1. The second-order valence-corrected chi connectivity index (χ2v) is 9.73. The number of carbonyl (C=O) groups is 1. The molecule has 0 saturated carbocycles. The van der Waals surface area contributed by atoms with Gasteiger partial charge in [-0.2, -0.15) is 17.0 Å². The van der Waals surface area contributed by atoms with Crippen molar-refractivity contribution in [3.63, 3.8) is 0 Å². The van der Waals surface area contributed by atoms with E-state index in [1.807, 2.05) is 12.1 Å². The van der Waals surface area contributed by atoms with E-state index in [9.17, 15) is 13.2 Å². The smallest absolute Gasteiger partial charge is 0.282 e. The molecular weight excluding hydrogens is 398 g/mol. The summed E-state index contributed by atoms with van der Waals surface area (Å²) in [7, 11) is -3.65. The Bertz CT molecular complexity index is 808. The molecule has 154 valence electrons. The molecule has 2 aliphatic rings. The zero-order valence-corrected chi connectivity index (χ0v) is 17.6. The van der Waals surface area contributed by atoms with E-state index in [0.717, 1.165) is 24.8 Å². The molecule has 0 spiro atoms. The third-order valence-electron chi connectivity index (χ3n) is 5.21. The van der Waals surface area contributed by atoms with Crippen LogP contribution >= 0.6 is 11.6 Å². The molecule has 6 nitrogen and oxygen atoms in total. The van der Waals surface area contributed by atoms with Crippen LogP contribution < -0.4 is 5.32 Å². The Morgan fingerprint density at radius 3 is 2.54 bits per heavy atom. The van der Waals surface area contributed by atoms with Gasteiger partial charge in [-0.15, -0.1) is 0 Å². The maximum Gasteiger partial charge on any atom is 0.282 e. The molecule has 1 aliphatic heterocycles. The van der Waals surface area contributed by atoms with Crippen LogP contribution in [0.15, 0.2) is 35.9 Å². The minimum absolute atomic E-state index is 0.126. The van der Waals surface area contributed by atoms with Crippen LogP contribution in [0.4, 0.5) is 0 Å². The van der Waals surface area contributed by atoms with Crippen LogP contribution in [0.1, 0.15) is 44.1 Å². The largest absolute Gasteiger partial charge is 0.355 e. The maximum atomic E-state index is 12.9. The van der Waals surface area contributed by atoms with Crippen LogP contribution in [0.25, 0.3) is 0 Å². The van der Waals surface area contributed by atoms with E-state index in [-0.39, 0.29) is 19.0 Å². The Morgan fingerprint density at radius 1 is 1.07 bits per heavy atom. The van der Waals surface area contributed by atoms with Gasteiger partial charge < -0.3 is 5.32 Å². The van der Waals surface area contributed by atoms with Crippen molar-refractivity contribution < 1.29 is 13.2 Å². The summed E-state index contributed by atoms with van der Waals surface area (Å²) in [6, 6.07) is 7.15. The van der Waals surface area contributed by atoms with Crippen molar-refractivity contribution >= 4 is 27.7 Å². The van der Waals surface area contributed by atoms with Crippen LogP contribution in [-0.2, 0) is 21.5 Å². The molecule has 1 aliphatic carbocycles. The third kappa shape index (κ3) is 5.80. The number of nitrogens with zero attached hydrogens (tertiary/aromatic N) is 2. The van der Waals surface area contributed by atoms with E-state index in [1.54, 1.807) is 12.1 Å². The Kier molecular flexibility index (Phi) is 7.51. The molecule has 1 aromatic rings. The minimum atomic E-state index is -3.65. The fourth-order valence-electron chi connectivity index (χ4n) is 3.64. The highest BCUT2D eigenvalue weighted by Crippen LogP contribution is 2.21. The van der Waals surface area contributed by atoms with Crippen molar-refractivity contribution in [2.75, 3.05) is 26.2 Å². The molecule has 1 saturated heterocycles. The van der Waals surface area contributed by atoms with Crippen molar-refractivity contribution in [3.8, 4) is 0 Å². The molecule has 3 rings (SSSR count). The molecule has 8 heteroatoms. The van der Waals surface area contributed by atoms with Gasteiger partial charge in [0.15, 0.2) is 0 Å². The highest BCUT2D eigenvalue weighted by Gasteiger charge is 2.34. The van der Waals surface area contributed by atoms with E-state index < -0.39 is 10.2 Å². The second-order valence-electron chi connectivity index (χ2n) is 7.36. The molecular formula is C20H28ClN3O3S. The van der Waals surface area contributed by atoms with Gasteiger partial charge in [0.25, 0.3) is 10.2 Å². The van der Waals surface area contributed by atoms with Gasteiger partial charge in [-0.1, -0.05) is 35.4 Å². The first-order valence-electron chi connectivity index (χ1n) is 9.89. The van der Waals surface area contributed by atoms with Gasteiger partial charge >= 0.3 is 0 Å². The average molecular weight is 426 g/mol. The normalized spacial score (nSPS) is 20.5. The van der Waals surface area contributed by atoms with Gasteiger partial charge in [0.05, 0.1) is 6.54 Å². The van der Waals surface area contributed by atoms with Crippen molar-refractivity contribution in [2.24, 2.45) is 0 Å². The average Bonchev–Trinajstić information content (AvgIpc) is 2.68. The first-order chi connectivity index (χ1) is 13.4. The van der Waals surface area contributed by atoms with Crippen molar-refractivity contribution in [1.29, 1.82) is 0 Å². The van der Waals surface area contributed by atoms with Crippen molar-refractivity contribution in [1.82, 2.24) is 13.9 Å². The van der Waals surface area contributed by atoms with Crippen LogP contribution in [0.3, 0.4) is 0 Å². The Balaban J connectivity index is 1.52. The highest BCUT2D eigenvalue weighted by atomic mass is 35.5. The third-order valence-corrected chi connectivity index (χ3v) is 7.39. The van der Waals surface area contributed by atoms with Crippen LogP contribution in [-0.4, -0.2) is 49.1 Å². The standard InChI is InChI=1S/C20H28ClN3O3S/c21-19-9-7-18(8-10-19)15-23-13-4-14-24(28(23,26)27)16-20(25)22-12-11-17-5-2-1-3-6-17/h5,7-10H,1-4,6,11-16H2,(H,22,25). The predicted octanol–water partition coefficient (Wildman–Crippen LogP) is 3.10. The van der Waals surface area contributed by atoms with Gasteiger partial charge in [-0.25, -0.2) is 0 Å². The number of hydrogen-bond donors (Lipinski definition) is 1. The summed E-state index contributed by atoms with van der Waals surface area (Å²) in [5.74, 6) is -0.242. The van der Waals surface area contributed by atoms with Crippen LogP contribution in [0, 0.1) is 0 Å². The molecule has 0 aromatic heterocycles. The van der Waals surface area contributed by atoms with Gasteiger partial charge in [0.1, 0.15) is 0 Å². The fourth-order valence-corrected chi connectivity index (χ4v) is 5.41. The minimum Gasteiger partial charge on any atom is -0.355 e. The Morgan fingerprint density at radius 2 is 1.82 bits per heavy atom. The van der Waals surface area contributed by atoms with Crippen LogP contribution in [0.5, 0.6) is 0 Å². The summed E-state index contributed by atoms with van der Waals surface area (Å²) in [6.45, 7) is 1.55. The lowest BCUT2D eigenvalue weighted by Crippen LogP contribution is -2.52. The van der Waals surface area contributed by atoms with E-state index in [2.05, 4.69) is 11.4 Å². The van der Waals surface area contributed by atoms with E-state index in [4.69, 9.17) is 11.6 Å². The lowest BCUT2D eigenvalue weighted by atomic mass is 9.97. The lowest BCUT2D eigenvalue weighted by molar-refractivity contribution is -0.121. The van der Waals surface area contributed by atoms with E-state index in [0.29, 0.717) is 31.1 Å².